The predicted molar refractivity (Wildman–Crippen MR) is 115 cm³/mol. The Labute approximate surface area is 178 Å². The van der Waals surface area contributed by atoms with Gasteiger partial charge in [-0.25, -0.2) is 4.98 Å². The Balaban J connectivity index is 0.00000261. The van der Waals surface area contributed by atoms with E-state index in [-0.39, 0.29) is 36.0 Å². The Hall–Kier alpha value is -1.36. The highest BCUT2D eigenvalue weighted by Gasteiger charge is 2.30. The van der Waals surface area contributed by atoms with Gasteiger partial charge >= 0.3 is 0 Å². The van der Waals surface area contributed by atoms with E-state index in [0.717, 1.165) is 63.9 Å². The largest absolute Gasteiger partial charge is 0.368 e. The van der Waals surface area contributed by atoms with E-state index in [1.807, 2.05) is 24.2 Å². The number of hydrogen-bond donors (Lipinski definition) is 1. The second-order valence-corrected chi connectivity index (χ2v) is 6.72. The number of carbonyl (C=O) groups is 1. The Morgan fingerprint density at radius 2 is 2.07 bits per heavy atom. The molecule has 1 aromatic rings. The molecule has 9 heteroatoms. The maximum absolute atomic E-state index is 12.5. The number of rotatable bonds is 5. The van der Waals surface area contributed by atoms with E-state index in [0.29, 0.717) is 13.2 Å². The third-order valence-electron chi connectivity index (χ3n) is 4.96. The van der Waals surface area contributed by atoms with Crippen LogP contribution < -0.4 is 5.32 Å². The van der Waals surface area contributed by atoms with E-state index in [1.54, 1.807) is 0 Å². The molecule has 152 valence electrons. The molecule has 2 saturated heterocycles. The highest BCUT2D eigenvalue weighted by molar-refractivity contribution is 14.0. The molecular weight excluding hydrogens is 459 g/mol. The maximum Gasteiger partial charge on any atom is 0.251 e. The zero-order valence-electron chi connectivity index (χ0n) is 16.3. The summed E-state index contributed by atoms with van der Waals surface area (Å²) in [5, 5.41) is 3.37. The van der Waals surface area contributed by atoms with Gasteiger partial charge < -0.3 is 24.4 Å². The van der Waals surface area contributed by atoms with Gasteiger partial charge in [0.05, 0.1) is 6.54 Å². The third kappa shape index (κ3) is 5.81. The number of ether oxygens (including phenoxy) is 1. The van der Waals surface area contributed by atoms with Crippen LogP contribution in [0.15, 0.2) is 17.4 Å². The first-order chi connectivity index (χ1) is 12.7. The monoisotopic (exact) mass is 490 g/mol. The van der Waals surface area contributed by atoms with Gasteiger partial charge in [0.15, 0.2) is 5.96 Å². The fourth-order valence-electron chi connectivity index (χ4n) is 3.44. The number of halogens is 1. The first-order valence-electron chi connectivity index (χ1n) is 9.60. The molecular formula is C18H31IN6O2. The number of nitrogens with zero attached hydrogens (tertiary/aromatic N) is 5. The van der Waals surface area contributed by atoms with Crippen LogP contribution >= 0.6 is 24.0 Å². The average Bonchev–Trinajstić information content (AvgIpc) is 3.33. The van der Waals surface area contributed by atoms with Crippen molar-refractivity contribution in [2.75, 3.05) is 45.9 Å². The number of hydrogen-bond acceptors (Lipinski definition) is 4. The number of imidazole rings is 1. The molecule has 0 aromatic carbocycles. The van der Waals surface area contributed by atoms with E-state index < -0.39 is 0 Å². The number of aliphatic imine (C=N–C) groups is 1. The summed E-state index contributed by atoms with van der Waals surface area (Å²) in [6.45, 7) is 10.2. The lowest BCUT2D eigenvalue weighted by molar-refractivity contribution is -0.142. The zero-order valence-corrected chi connectivity index (χ0v) is 18.6. The molecule has 1 unspecified atom stereocenters. The van der Waals surface area contributed by atoms with Gasteiger partial charge in [-0.15, -0.1) is 24.0 Å². The standard InChI is InChI=1S/C18H30N6O2.HI/c1-3-19-18(21-7-9-22-8-6-20-15(22)2)24-12-10-23(11-13-24)17(25)16-5-4-14-26-16;/h6,8,16H,3-5,7,9-14H2,1-2H3,(H,19,21);1H. The minimum Gasteiger partial charge on any atom is -0.368 e. The topological polar surface area (TPSA) is 75.0 Å². The number of amides is 1. The molecule has 1 amide bonds. The average molecular weight is 490 g/mol. The lowest BCUT2D eigenvalue weighted by Gasteiger charge is -2.37. The molecule has 27 heavy (non-hydrogen) atoms. The number of nitrogens with one attached hydrogen (secondary N) is 1. The van der Waals surface area contributed by atoms with Crippen molar-refractivity contribution in [2.45, 2.75) is 39.3 Å². The molecule has 3 heterocycles. The summed E-state index contributed by atoms with van der Waals surface area (Å²) in [6.07, 6.45) is 5.42. The lowest BCUT2D eigenvalue weighted by Crippen LogP contribution is -2.55. The molecule has 2 aliphatic rings. The zero-order chi connectivity index (χ0) is 18.4. The van der Waals surface area contributed by atoms with Crippen LogP contribution in [0, 0.1) is 6.92 Å². The van der Waals surface area contributed by atoms with E-state index in [9.17, 15) is 4.79 Å². The molecule has 3 rings (SSSR count). The van der Waals surface area contributed by atoms with Crippen LogP contribution in [0.3, 0.4) is 0 Å². The highest BCUT2D eigenvalue weighted by Crippen LogP contribution is 2.16. The first-order valence-corrected chi connectivity index (χ1v) is 9.60. The minimum absolute atomic E-state index is 0. The van der Waals surface area contributed by atoms with Gasteiger partial charge in [-0.2, -0.15) is 0 Å². The predicted octanol–water partition coefficient (Wildman–Crippen LogP) is 1.10. The lowest BCUT2D eigenvalue weighted by atomic mass is 10.2. The summed E-state index contributed by atoms with van der Waals surface area (Å²) in [4.78, 5) is 25.6. The van der Waals surface area contributed by atoms with Crippen LogP contribution in [0.25, 0.3) is 0 Å². The third-order valence-corrected chi connectivity index (χ3v) is 4.96. The van der Waals surface area contributed by atoms with Crippen molar-refractivity contribution in [1.82, 2.24) is 24.7 Å². The van der Waals surface area contributed by atoms with Gasteiger partial charge in [-0.1, -0.05) is 0 Å². The first kappa shape index (κ1) is 21.9. The molecule has 0 radical (unpaired) electrons. The van der Waals surface area contributed by atoms with Gasteiger partial charge in [-0.05, 0) is 26.7 Å². The summed E-state index contributed by atoms with van der Waals surface area (Å²) in [6, 6.07) is 0. The van der Waals surface area contributed by atoms with Crippen LogP contribution in [-0.2, 0) is 16.1 Å². The maximum atomic E-state index is 12.5. The van der Waals surface area contributed by atoms with Gasteiger partial charge in [0.25, 0.3) is 5.91 Å². The van der Waals surface area contributed by atoms with Gasteiger partial charge in [0.1, 0.15) is 11.9 Å². The van der Waals surface area contributed by atoms with Gasteiger partial charge in [-0.3, -0.25) is 9.79 Å². The fourth-order valence-corrected chi connectivity index (χ4v) is 3.44. The highest BCUT2D eigenvalue weighted by atomic mass is 127. The van der Waals surface area contributed by atoms with Crippen LogP contribution in [0.1, 0.15) is 25.6 Å². The molecule has 1 atom stereocenters. The van der Waals surface area contributed by atoms with Gasteiger partial charge in [0, 0.05) is 58.3 Å². The van der Waals surface area contributed by atoms with Crippen molar-refractivity contribution in [1.29, 1.82) is 0 Å². The Morgan fingerprint density at radius 3 is 2.67 bits per heavy atom. The summed E-state index contributed by atoms with van der Waals surface area (Å²) >= 11 is 0. The molecule has 0 saturated carbocycles. The van der Waals surface area contributed by atoms with Crippen molar-refractivity contribution >= 4 is 35.8 Å². The second-order valence-electron chi connectivity index (χ2n) is 6.72. The molecule has 0 bridgehead atoms. The second kappa shape index (κ2) is 10.8. The summed E-state index contributed by atoms with van der Waals surface area (Å²) < 4.78 is 7.63. The SMILES string of the molecule is CCNC(=NCCn1ccnc1C)N1CCN(C(=O)C2CCCO2)CC1.I. The Morgan fingerprint density at radius 1 is 1.33 bits per heavy atom. The summed E-state index contributed by atoms with van der Waals surface area (Å²) in [5.74, 6) is 2.08. The number of guanidine groups is 1. The Kier molecular flexibility index (Phi) is 8.81. The van der Waals surface area contributed by atoms with Crippen LogP contribution in [-0.4, -0.2) is 83.2 Å². The quantitative estimate of drug-likeness (QED) is 0.380. The van der Waals surface area contributed by atoms with Crippen molar-refractivity contribution in [2.24, 2.45) is 4.99 Å². The van der Waals surface area contributed by atoms with Crippen LogP contribution in [0.2, 0.25) is 0 Å². The molecule has 2 fully saturated rings. The Bertz CT molecular complexity index is 621. The van der Waals surface area contributed by atoms with Crippen LogP contribution in [0.5, 0.6) is 0 Å². The number of carbonyl (C=O) groups excluding carboxylic acids is 1. The molecule has 2 aliphatic heterocycles. The normalized spacial score (nSPS) is 20.5. The van der Waals surface area contributed by atoms with Crippen LogP contribution in [0.4, 0.5) is 0 Å². The van der Waals surface area contributed by atoms with Crippen molar-refractivity contribution < 1.29 is 9.53 Å². The molecule has 0 spiro atoms. The van der Waals surface area contributed by atoms with E-state index >= 15 is 0 Å². The van der Waals surface area contributed by atoms with E-state index in [4.69, 9.17) is 9.73 Å². The molecule has 1 aromatic heterocycles. The van der Waals surface area contributed by atoms with Crippen molar-refractivity contribution in [3.63, 3.8) is 0 Å². The fraction of sp³-hybridized carbons (Fsp3) is 0.722. The summed E-state index contributed by atoms with van der Waals surface area (Å²) in [5.41, 5.74) is 0. The van der Waals surface area contributed by atoms with E-state index in [2.05, 4.69) is 26.7 Å². The minimum atomic E-state index is -0.220. The van der Waals surface area contributed by atoms with Crippen molar-refractivity contribution in [3.05, 3.63) is 18.2 Å². The smallest absolute Gasteiger partial charge is 0.251 e. The van der Waals surface area contributed by atoms with E-state index in [1.165, 1.54) is 0 Å². The van der Waals surface area contributed by atoms with Crippen molar-refractivity contribution in [3.8, 4) is 0 Å². The molecule has 8 nitrogen and oxygen atoms in total. The number of aryl methyl sites for hydroxylation is 1. The number of aromatic nitrogens is 2. The summed E-state index contributed by atoms with van der Waals surface area (Å²) in [7, 11) is 0. The molecule has 1 N–H and O–H groups in total. The number of piperazine rings is 1. The molecule has 0 aliphatic carbocycles. The van der Waals surface area contributed by atoms with Gasteiger partial charge in [0.2, 0.25) is 0 Å².